The lowest BCUT2D eigenvalue weighted by molar-refractivity contribution is -0.115. The van der Waals surface area contributed by atoms with Gasteiger partial charge in [-0.25, -0.2) is 4.99 Å². The van der Waals surface area contributed by atoms with Crippen LogP contribution in [0.4, 0.5) is 0 Å². The second-order valence-corrected chi connectivity index (χ2v) is 7.16. The van der Waals surface area contributed by atoms with Gasteiger partial charge < -0.3 is 14.6 Å². The zero-order chi connectivity index (χ0) is 18.4. The maximum Gasteiger partial charge on any atom is 0.277 e. The van der Waals surface area contributed by atoms with E-state index in [2.05, 4.69) is 10.4 Å². The van der Waals surface area contributed by atoms with E-state index in [1.165, 1.54) is 13.0 Å². The molecule has 0 bridgehead atoms. The molecular weight excluding hydrogens is 378 g/mol. The van der Waals surface area contributed by atoms with Gasteiger partial charge in [0.25, 0.3) is 5.91 Å². The summed E-state index contributed by atoms with van der Waals surface area (Å²) < 4.78 is 12.0. The quantitative estimate of drug-likeness (QED) is 0.583. The molecule has 0 spiro atoms. The SMILES string of the molecule is CC(=O)Nn1c(O)c(C=C2C=c3cc4c(cc3=NC2=O)OCO4)sc1=S. The first-order valence-electron chi connectivity index (χ1n) is 7.41. The fourth-order valence-electron chi connectivity index (χ4n) is 2.54. The molecule has 26 heavy (non-hydrogen) atoms. The second kappa shape index (κ2) is 6.07. The summed E-state index contributed by atoms with van der Waals surface area (Å²) >= 11 is 6.18. The van der Waals surface area contributed by atoms with Crippen molar-refractivity contribution in [1.29, 1.82) is 0 Å². The predicted octanol–water partition coefficient (Wildman–Crippen LogP) is 0.827. The number of fused-ring (bicyclic) bond motifs is 2. The molecule has 0 aliphatic carbocycles. The van der Waals surface area contributed by atoms with E-state index in [0.29, 0.717) is 27.0 Å². The van der Waals surface area contributed by atoms with Gasteiger partial charge >= 0.3 is 0 Å². The Balaban J connectivity index is 1.81. The number of nitrogens with one attached hydrogen (secondary N) is 1. The number of rotatable bonds is 2. The number of ether oxygens (including phenoxy) is 2. The predicted molar refractivity (Wildman–Crippen MR) is 95.6 cm³/mol. The average Bonchev–Trinajstić information content (AvgIpc) is 3.13. The Labute approximate surface area is 155 Å². The van der Waals surface area contributed by atoms with E-state index in [9.17, 15) is 14.7 Å². The van der Waals surface area contributed by atoms with E-state index < -0.39 is 5.91 Å². The third kappa shape index (κ3) is 2.78. The number of nitrogens with zero attached hydrogens (tertiary/aromatic N) is 2. The Morgan fingerprint density at radius 3 is 2.88 bits per heavy atom. The van der Waals surface area contributed by atoms with Gasteiger partial charge in [0.05, 0.1) is 10.2 Å². The van der Waals surface area contributed by atoms with Crippen LogP contribution in [0.1, 0.15) is 11.8 Å². The molecule has 0 fully saturated rings. The molecule has 8 nitrogen and oxygen atoms in total. The number of carbonyl (C=O) groups excluding carboxylic acids is 2. The van der Waals surface area contributed by atoms with Crippen LogP contribution >= 0.6 is 23.6 Å². The van der Waals surface area contributed by atoms with Crippen molar-refractivity contribution < 1.29 is 24.2 Å². The largest absolute Gasteiger partial charge is 0.492 e. The van der Waals surface area contributed by atoms with Crippen molar-refractivity contribution in [2.75, 3.05) is 12.2 Å². The molecule has 10 heteroatoms. The minimum Gasteiger partial charge on any atom is -0.492 e. The maximum absolute atomic E-state index is 12.3. The van der Waals surface area contributed by atoms with Gasteiger partial charge in [-0.3, -0.25) is 15.0 Å². The van der Waals surface area contributed by atoms with Crippen molar-refractivity contribution in [2.24, 2.45) is 4.99 Å². The lowest BCUT2D eigenvalue weighted by Crippen LogP contribution is -2.30. The summed E-state index contributed by atoms with van der Waals surface area (Å²) in [6.07, 6.45) is 3.13. The summed E-state index contributed by atoms with van der Waals surface area (Å²) in [5.41, 5.74) is 2.69. The Morgan fingerprint density at radius 1 is 1.42 bits per heavy atom. The average molecular weight is 389 g/mol. The molecule has 0 radical (unpaired) electrons. The van der Waals surface area contributed by atoms with Gasteiger partial charge in [-0.1, -0.05) is 11.3 Å². The Morgan fingerprint density at radius 2 is 2.15 bits per heavy atom. The number of hydrogen-bond donors (Lipinski definition) is 2. The van der Waals surface area contributed by atoms with Gasteiger partial charge in [0.1, 0.15) is 0 Å². The Bertz CT molecular complexity index is 1180. The van der Waals surface area contributed by atoms with E-state index in [1.807, 2.05) is 0 Å². The van der Waals surface area contributed by atoms with E-state index in [4.69, 9.17) is 21.7 Å². The molecule has 1 aromatic carbocycles. The van der Waals surface area contributed by atoms with Crippen molar-refractivity contribution >= 4 is 47.5 Å². The van der Waals surface area contributed by atoms with Crippen molar-refractivity contribution in [3.63, 3.8) is 0 Å². The lowest BCUT2D eigenvalue weighted by atomic mass is 10.1. The van der Waals surface area contributed by atoms with Crippen molar-refractivity contribution in [2.45, 2.75) is 6.92 Å². The normalized spacial score (nSPS) is 16.0. The summed E-state index contributed by atoms with van der Waals surface area (Å²) in [5.74, 6) is 0.0404. The molecule has 0 saturated carbocycles. The molecular formula is C16H11N3O5S2. The first kappa shape index (κ1) is 16.5. The van der Waals surface area contributed by atoms with E-state index >= 15 is 0 Å². The third-order valence-electron chi connectivity index (χ3n) is 3.67. The van der Waals surface area contributed by atoms with Gasteiger partial charge in [0.15, 0.2) is 15.5 Å². The number of hydrogen-bond acceptors (Lipinski definition) is 7. The summed E-state index contributed by atoms with van der Waals surface area (Å²) in [6, 6.07) is 3.39. The molecule has 3 heterocycles. The number of aromatic hydroxyl groups is 1. The monoisotopic (exact) mass is 389 g/mol. The maximum atomic E-state index is 12.3. The van der Waals surface area contributed by atoms with Crippen LogP contribution in [0.5, 0.6) is 17.4 Å². The smallest absolute Gasteiger partial charge is 0.277 e. The fraction of sp³-hybridized carbons (Fsp3) is 0.125. The highest BCUT2D eigenvalue weighted by Crippen LogP contribution is 2.30. The Kier molecular flexibility index (Phi) is 3.85. The summed E-state index contributed by atoms with van der Waals surface area (Å²) in [5, 5.41) is 11.4. The number of amides is 2. The van der Waals surface area contributed by atoms with Gasteiger partial charge in [0.2, 0.25) is 18.6 Å². The first-order valence-corrected chi connectivity index (χ1v) is 8.63. The van der Waals surface area contributed by atoms with Gasteiger partial charge in [-0.05, 0) is 30.4 Å². The molecule has 0 atom stereocenters. The molecule has 2 aliphatic heterocycles. The van der Waals surface area contributed by atoms with Crippen molar-refractivity contribution in [3.05, 3.63) is 37.1 Å². The fourth-order valence-corrected chi connectivity index (χ4v) is 3.72. The van der Waals surface area contributed by atoms with E-state index in [-0.39, 0.29) is 28.1 Å². The first-order chi connectivity index (χ1) is 12.4. The topological polar surface area (TPSA) is 102 Å². The van der Waals surface area contributed by atoms with Gasteiger partial charge in [-0.15, -0.1) is 0 Å². The summed E-state index contributed by atoms with van der Waals surface area (Å²) in [4.78, 5) is 27.9. The van der Waals surface area contributed by atoms with Crippen LogP contribution in [-0.2, 0) is 9.59 Å². The number of benzene rings is 1. The molecule has 0 unspecified atom stereocenters. The highest BCUT2D eigenvalue weighted by atomic mass is 32.1. The van der Waals surface area contributed by atoms with Crippen molar-refractivity contribution in [1.82, 2.24) is 4.68 Å². The third-order valence-corrected chi connectivity index (χ3v) is 4.98. The molecule has 2 amide bonds. The molecule has 0 saturated heterocycles. The van der Waals surface area contributed by atoms with E-state index in [0.717, 1.165) is 16.0 Å². The zero-order valence-electron chi connectivity index (χ0n) is 13.3. The zero-order valence-corrected chi connectivity index (χ0v) is 14.9. The minimum atomic E-state index is -0.457. The summed E-state index contributed by atoms with van der Waals surface area (Å²) in [7, 11) is 0. The molecule has 2 aliphatic rings. The molecule has 1 aromatic heterocycles. The van der Waals surface area contributed by atoms with E-state index in [1.54, 1.807) is 18.2 Å². The molecule has 4 rings (SSSR count). The highest BCUT2D eigenvalue weighted by molar-refractivity contribution is 7.73. The number of thiazole rings is 1. The Hall–Kier alpha value is -2.98. The molecule has 2 aromatic rings. The van der Waals surface area contributed by atoms with Crippen LogP contribution in [0.15, 0.2) is 22.7 Å². The van der Waals surface area contributed by atoms with Crippen molar-refractivity contribution in [3.8, 4) is 17.4 Å². The number of aromatic nitrogens is 1. The van der Waals surface area contributed by atoms with Crippen LogP contribution < -0.4 is 25.5 Å². The highest BCUT2D eigenvalue weighted by Gasteiger charge is 2.19. The lowest BCUT2D eigenvalue weighted by Gasteiger charge is -2.05. The standard InChI is InChI=1S/C16H11N3O5S2/c1-7(20)18-19-15(22)13(26-16(19)25)4-9-2-8-3-11-12(24-6-23-11)5-10(8)17-14(9)21/h2-5,22H,6H2,1H3,(H,18,20). The van der Waals surface area contributed by atoms with Gasteiger partial charge in [-0.2, -0.15) is 4.68 Å². The van der Waals surface area contributed by atoms with Gasteiger partial charge in [0, 0.05) is 23.8 Å². The van der Waals surface area contributed by atoms with Crippen LogP contribution in [0.25, 0.3) is 12.2 Å². The molecule has 132 valence electrons. The summed E-state index contributed by atoms with van der Waals surface area (Å²) in [6.45, 7) is 1.43. The number of carbonyl (C=O) groups is 2. The second-order valence-electron chi connectivity index (χ2n) is 5.48. The van der Waals surface area contributed by atoms with Crippen LogP contribution in [0, 0.1) is 3.95 Å². The minimum absolute atomic E-state index is 0.128. The molecule has 2 N–H and O–H groups in total. The van der Waals surface area contributed by atoms with Crippen LogP contribution in [-0.4, -0.2) is 28.4 Å². The van der Waals surface area contributed by atoms with Crippen LogP contribution in [0.3, 0.4) is 0 Å². The van der Waals surface area contributed by atoms with Crippen LogP contribution in [0.2, 0.25) is 0 Å².